The van der Waals surface area contributed by atoms with Gasteiger partial charge in [-0.25, -0.2) is 0 Å². The van der Waals surface area contributed by atoms with Crippen LogP contribution in [0.5, 0.6) is 0 Å². The molecule has 0 aliphatic heterocycles. The quantitative estimate of drug-likeness (QED) is 0.793. The van der Waals surface area contributed by atoms with E-state index in [-0.39, 0.29) is 11.8 Å². The van der Waals surface area contributed by atoms with Crippen LogP contribution >= 0.6 is 0 Å². The number of rotatable bonds is 4. The molecule has 0 saturated heterocycles. The first-order valence-corrected chi connectivity index (χ1v) is 5.99. The van der Waals surface area contributed by atoms with E-state index in [1.54, 1.807) is 11.9 Å². The Labute approximate surface area is 96.6 Å². The fraction of sp³-hybridized carbons (Fsp3) is 0.833. The van der Waals surface area contributed by atoms with Crippen molar-refractivity contribution in [1.29, 1.82) is 0 Å². The average molecular weight is 227 g/mol. The zero-order valence-electron chi connectivity index (χ0n) is 10.3. The number of carbonyl (C=O) groups excluding carboxylic acids is 1. The van der Waals surface area contributed by atoms with E-state index in [1.165, 1.54) is 0 Å². The second-order valence-electron chi connectivity index (χ2n) is 4.65. The lowest BCUT2D eigenvalue weighted by molar-refractivity contribution is -0.148. The second-order valence-corrected chi connectivity index (χ2v) is 4.65. The van der Waals surface area contributed by atoms with Gasteiger partial charge in [0.25, 0.3) is 0 Å². The van der Waals surface area contributed by atoms with Gasteiger partial charge in [-0.3, -0.25) is 9.59 Å². The fourth-order valence-corrected chi connectivity index (χ4v) is 2.46. The van der Waals surface area contributed by atoms with E-state index >= 15 is 0 Å². The molecular formula is C12H21NO3. The van der Waals surface area contributed by atoms with E-state index in [0.717, 1.165) is 12.8 Å². The highest BCUT2D eigenvalue weighted by molar-refractivity contribution is 5.85. The van der Waals surface area contributed by atoms with Gasteiger partial charge in [0.15, 0.2) is 0 Å². The molecule has 92 valence electrons. The first-order valence-electron chi connectivity index (χ1n) is 5.99. The molecule has 0 aromatic heterocycles. The summed E-state index contributed by atoms with van der Waals surface area (Å²) in [6, 6.07) is 0. The molecule has 0 radical (unpaired) electrons. The molecule has 1 amide bonds. The minimum absolute atomic E-state index is 0.00847. The van der Waals surface area contributed by atoms with Gasteiger partial charge in [-0.15, -0.1) is 0 Å². The van der Waals surface area contributed by atoms with Crippen LogP contribution in [-0.2, 0) is 9.59 Å². The van der Waals surface area contributed by atoms with Gasteiger partial charge < -0.3 is 10.0 Å². The Balaban J connectivity index is 2.76. The summed E-state index contributed by atoms with van der Waals surface area (Å²) in [4.78, 5) is 24.8. The molecule has 1 aliphatic rings. The maximum atomic E-state index is 12.0. The average Bonchev–Trinajstić information content (AvgIpc) is 2.71. The highest BCUT2D eigenvalue weighted by Gasteiger charge is 2.42. The van der Waals surface area contributed by atoms with E-state index in [4.69, 9.17) is 5.11 Å². The number of hydrogen-bond acceptors (Lipinski definition) is 2. The molecule has 4 nitrogen and oxygen atoms in total. The van der Waals surface area contributed by atoms with Crippen LogP contribution in [0.1, 0.15) is 33.1 Å². The number of carboxylic acids is 1. The standard InChI is InChI=1S/C12H21NO3/c1-4-8-6-9(10(7-8)12(15)16)11(14)13(3)5-2/h8-10H,4-7H2,1-3H3,(H,15,16). The van der Waals surface area contributed by atoms with Crippen molar-refractivity contribution in [1.82, 2.24) is 4.90 Å². The van der Waals surface area contributed by atoms with Crippen molar-refractivity contribution in [3.8, 4) is 0 Å². The monoisotopic (exact) mass is 227 g/mol. The highest BCUT2D eigenvalue weighted by Crippen LogP contribution is 2.39. The molecule has 3 atom stereocenters. The predicted molar refractivity (Wildman–Crippen MR) is 60.9 cm³/mol. The third-order valence-corrected chi connectivity index (χ3v) is 3.72. The molecule has 1 saturated carbocycles. The number of carboxylic acid groups (broad SMARTS) is 1. The smallest absolute Gasteiger partial charge is 0.307 e. The number of hydrogen-bond donors (Lipinski definition) is 1. The molecular weight excluding hydrogens is 206 g/mol. The van der Waals surface area contributed by atoms with Crippen LogP contribution in [0.25, 0.3) is 0 Å². The summed E-state index contributed by atoms with van der Waals surface area (Å²) < 4.78 is 0. The molecule has 0 bridgehead atoms. The van der Waals surface area contributed by atoms with Crippen LogP contribution in [0.2, 0.25) is 0 Å². The topological polar surface area (TPSA) is 57.6 Å². The Kier molecular flexibility index (Phi) is 4.33. The molecule has 1 N–H and O–H groups in total. The van der Waals surface area contributed by atoms with Crippen molar-refractivity contribution >= 4 is 11.9 Å². The number of aliphatic carboxylic acids is 1. The van der Waals surface area contributed by atoms with Gasteiger partial charge >= 0.3 is 5.97 Å². The van der Waals surface area contributed by atoms with Crippen molar-refractivity contribution in [2.24, 2.45) is 17.8 Å². The summed E-state index contributed by atoms with van der Waals surface area (Å²) >= 11 is 0. The Morgan fingerprint density at radius 3 is 2.25 bits per heavy atom. The Hall–Kier alpha value is -1.06. The molecule has 1 rings (SSSR count). The van der Waals surface area contributed by atoms with Gasteiger partial charge in [0.1, 0.15) is 0 Å². The summed E-state index contributed by atoms with van der Waals surface area (Å²) in [5.74, 6) is -1.23. The van der Waals surface area contributed by atoms with E-state index in [1.807, 2.05) is 6.92 Å². The number of carbonyl (C=O) groups is 2. The SMILES string of the molecule is CCC1CC(C(=O)O)C(C(=O)N(C)CC)C1. The Bertz CT molecular complexity index is 277. The van der Waals surface area contributed by atoms with E-state index in [2.05, 4.69) is 6.92 Å². The fourth-order valence-electron chi connectivity index (χ4n) is 2.46. The normalized spacial score (nSPS) is 29.1. The summed E-state index contributed by atoms with van der Waals surface area (Å²) in [6.07, 6.45) is 2.35. The van der Waals surface area contributed by atoms with Gasteiger partial charge in [-0.05, 0) is 25.7 Å². The maximum Gasteiger partial charge on any atom is 0.307 e. The summed E-state index contributed by atoms with van der Waals surface area (Å²) in [7, 11) is 1.74. The van der Waals surface area contributed by atoms with Gasteiger partial charge in [-0.2, -0.15) is 0 Å². The van der Waals surface area contributed by atoms with Crippen LogP contribution in [0.3, 0.4) is 0 Å². The maximum absolute atomic E-state index is 12.0. The van der Waals surface area contributed by atoms with Gasteiger partial charge in [0, 0.05) is 13.6 Å². The summed E-state index contributed by atoms with van der Waals surface area (Å²) in [5, 5.41) is 9.13. The lowest BCUT2D eigenvalue weighted by Crippen LogP contribution is -2.36. The molecule has 1 fully saturated rings. The summed E-state index contributed by atoms with van der Waals surface area (Å²) in [5.41, 5.74) is 0. The molecule has 4 heteroatoms. The molecule has 0 aromatic rings. The molecule has 16 heavy (non-hydrogen) atoms. The molecule has 0 spiro atoms. The van der Waals surface area contributed by atoms with Crippen LogP contribution in [0, 0.1) is 17.8 Å². The van der Waals surface area contributed by atoms with Crippen LogP contribution in [0.15, 0.2) is 0 Å². The van der Waals surface area contributed by atoms with Crippen LogP contribution < -0.4 is 0 Å². The zero-order chi connectivity index (χ0) is 12.3. The largest absolute Gasteiger partial charge is 0.481 e. The Morgan fingerprint density at radius 2 is 1.81 bits per heavy atom. The first kappa shape index (κ1) is 13.0. The van der Waals surface area contributed by atoms with E-state index in [9.17, 15) is 9.59 Å². The van der Waals surface area contributed by atoms with Crippen LogP contribution in [-0.4, -0.2) is 35.5 Å². The van der Waals surface area contributed by atoms with Gasteiger partial charge in [0.05, 0.1) is 11.8 Å². The summed E-state index contributed by atoms with van der Waals surface area (Å²) in [6.45, 7) is 4.60. The van der Waals surface area contributed by atoms with Crippen molar-refractivity contribution in [2.45, 2.75) is 33.1 Å². The van der Waals surface area contributed by atoms with Crippen molar-refractivity contribution in [2.75, 3.05) is 13.6 Å². The Morgan fingerprint density at radius 1 is 1.25 bits per heavy atom. The lowest BCUT2D eigenvalue weighted by Gasteiger charge is -2.21. The van der Waals surface area contributed by atoms with Gasteiger partial charge in [0.2, 0.25) is 5.91 Å². The van der Waals surface area contributed by atoms with E-state index < -0.39 is 11.9 Å². The van der Waals surface area contributed by atoms with Crippen LogP contribution in [0.4, 0.5) is 0 Å². The molecule has 0 aromatic carbocycles. The van der Waals surface area contributed by atoms with Gasteiger partial charge in [-0.1, -0.05) is 13.3 Å². The minimum Gasteiger partial charge on any atom is -0.481 e. The predicted octanol–water partition coefficient (Wildman–Crippen LogP) is 1.60. The number of nitrogens with zero attached hydrogens (tertiary/aromatic N) is 1. The van der Waals surface area contributed by atoms with Crippen molar-refractivity contribution < 1.29 is 14.7 Å². The molecule has 3 unspecified atom stereocenters. The lowest BCUT2D eigenvalue weighted by atomic mass is 9.95. The molecule has 1 aliphatic carbocycles. The zero-order valence-corrected chi connectivity index (χ0v) is 10.3. The third kappa shape index (κ3) is 2.54. The first-order chi connectivity index (χ1) is 7.51. The second kappa shape index (κ2) is 5.32. The minimum atomic E-state index is -0.821. The van der Waals surface area contributed by atoms with E-state index in [0.29, 0.717) is 18.9 Å². The molecule has 0 heterocycles. The van der Waals surface area contributed by atoms with Crippen molar-refractivity contribution in [3.05, 3.63) is 0 Å². The highest BCUT2D eigenvalue weighted by atomic mass is 16.4. The number of amides is 1. The third-order valence-electron chi connectivity index (χ3n) is 3.72. The van der Waals surface area contributed by atoms with Crippen molar-refractivity contribution in [3.63, 3.8) is 0 Å².